The number of ketones is 1. The molecule has 3 rings (SSSR count). The van der Waals surface area contributed by atoms with E-state index in [-0.39, 0.29) is 11.3 Å². The van der Waals surface area contributed by atoms with Crippen LogP contribution in [0.1, 0.15) is 16.8 Å². The average Bonchev–Trinajstić information content (AvgIpc) is 2.68. The van der Waals surface area contributed by atoms with Gasteiger partial charge in [0.25, 0.3) is 0 Å². The van der Waals surface area contributed by atoms with Crippen molar-refractivity contribution in [3.63, 3.8) is 0 Å². The highest BCUT2D eigenvalue weighted by Crippen LogP contribution is 2.20. The van der Waals surface area contributed by atoms with Crippen LogP contribution in [0.3, 0.4) is 0 Å². The number of rotatable bonds is 6. The molecule has 0 radical (unpaired) electrons. The lowest BCUT2D eigenvalue weighted by molar-refractivity contribution is 0.0944. The zero-order valence-electron chi connectivity index (χ0n) is 14.2. The number of carbonyl (C=O) groups is 1. The number of anilines is 1. The zero-order valence-corrected chi connectivity index (χ0v) is 15.0. The molecule has 2 aromatic carbocycles. The summed E-state index contributed by atoms with van der Waals surface area (Å²) in [5, 5.41) is 0. The van der Waals surface area contributed by atoms with Gasteiger partial charge in [0.15, 0.2) is 5.78 Å². The van der Waals surface area contributed by atoms with Crippen molar-refractivity contribution < 1.29 is 4.79 Å². The molecule has 0 aliphatic carbocycles. The summed E-state index contributed by atoms with van der Waals surface area (Å²) in [5.74, 6) is -0.0471. The van der Waals surface area contributed by atoms with Crippen molar-refractivity contribution in [3.05, 3.63) is 66.2 Å². The van der Waals surface area contributed by atoms with E-state index >= 15 is 0 Å². The first kappa shape index (κ1) is 17.9. The predicted octanol–water partition coefficient (Wildman–Crippen LogP) is 2.97. The van der Waals surface area contributed by atoms with Gasteiger partial charge in [-0.1, -0.05) is 48.5 Å². The minimum atomic E-state index is -0.572. The van der Waals surface area contributed by atoms with Gasteiger partial charge in [0.05, 0.1) is 11.5 Å². The van der Waals surface area contributed by atoms with E-state index < -0.39 is 6.04 Å². The maximum Gasteiger partial charge on any atom is 0.179 e. The van der Waals surface area contributed by atoms with Crippen molar-refractivity contribution >= 4 is 23.1 Å². The Labute approximate surface area is 154 Å². The van der Waals surface area contributed by atoms with Crippen LogP contribution in [0, 0.1) is 0 Å². The second kappa shape index (κ2) is 8.48. The third kappa shape index (κ3) is 4.60. The topological polar surface area (TPSA) is 49.6 Å². The van der Waals surface area contributed by atoms with Gasteiger partial charge in [-0.05, 0) is 18.6 Å². The third-order valence-corrected chi connectivity index (χ3v) is 5.13. The predicted molar refractivity (Wildman–Crippen MR) is 103 cm³/mol. The minimum Gasteiger partial charge on any atom is -0.369 e. The molecule has 25 heavy (non-hydrogen) atoms. The number of alkyl halides is 1. The van der Waals surface area contributed by atoms with Gasteiger partial charge >= 0.3 is 0 Å². The number of halogens is 1. The maximum atomic E-state index is 12.4. The summed E-state index contributed by atoms with van der Waals surface area (Å²) in [4.78, 5) is 17.0. The van der Waals surface area contributed by atoms with Crippen molar-refractivity contribution in [2.45, 2.75) is 18.0 Å². The van der Waals surface area contributed by atoms with Crippen LogP contribution in [0.15, 0.2) is 60.7 Å². The first-order valence-corrected chi connectivity index (χ1v) is 9.12. The summed E-state index contributed by atoms with van der Waals surface area (Å²) >= 11 is 6.55. The van der Waals surface area contributed by atoms with Crippen LogP contribution in [0.25, 0.3) is 0 Å². The van der Waals surface area contributed by atoms with Gasteiger partial charge in [-0.25, -0.2) is 0 Å². The van der Waals surface area contributed by atoms with E-state index in [1.165, 1.54) is 5.69 Å². The molecule has 1 saturated heterocycles. The molecule has 0 aromatic heterocycles. The van der Waals surface area contributed by atoms with E-state index in [0.29, 0.717) is 12.0 Å². The number of hydrogen-bond donors (Lipinski definition) is 1. The van der Waals surface area contributed by atoms with Crippen LogP contribution in [-0.2, 0) is 0 Å². The largest absolute Gasteiger partial charge is 0.369 e. The number of hydrogen-bond acceptors (Lipinski definition) is 4. The number of piperazine rings is 1. The Morgan fingerprint density at radius 1 is 0.960 bits per heavy atom. The smallest absolute Gasteiger partial charge is 0.179 e. The fraction of sp³-hybridized carbons (Fsp3) is 0.350. The fourth-order valence-electron chi connectivity index (χ4n) is 3.18. The molecular formula is C20H24ClN3O. The second-order valence-electron chi connectivity index (χ2n) is 6.37. The van der Waals surface area contributed by atoms with Gasteiger partial charge in [0.2, 0.25) is 0 Å². The maximum absolute atomic E-state index is 12.4. The van der Waals surface area contributed by atoms with Crippen LogP contribution < -0.4 is 10.6 Å². The van der Waals surface area contributed by atoms with Crippen LogP contribution in [0.4, 0.5) is 5.69 Å². The van der Waals surface area contributed by atoms with Gasteiger partial charge in [-0.2, -0.15) is 0 Å². The molecule has 2 unspecified atom stereocenters. The Morgan fingerprint density at radius 2 is 1.52 bits per heavy atom. The molecule has 1 aliphatic rings. The molecule has 1 aliphatic heterocycles. The van der Waals surface area contributed by atoms with Gasteiger partial charge < -0.3 is 10.6 Å². The Kier molecular flexibility index (Phi) is 6.08. The number of Topliss-reactive ketones (excluding diaryl/α,β-unsaturated/α-hetero) is 1. The number of carbonyl (C=O) groups excluding carboxylic acids is 1. The molecule has 1 fully saturated rings. The normalized spacial score (nSPS) is 17.9. The highest BCUT2D eigenvalue weighted by molar-refractivity contribution is 6.20. The van der Waals surface area contributed by atoms with Crippen LogP contribution in [-0.4, -0.2) is 48.4 Å². The van der Waals surface area contributed by atoms with E-state index in [1.807, 2.05) is 24.3 Å². The summed E-state index contributed by atoms with van der Waals surface area (Å²) in [6, 6.07) is 19.0. The van der Waals surface area contributed by atoms with Gasteiger partial charge in [-0.15, -0.1) is 11.6 Å². The number of nitrogens with two attached hydrogens (primary N) is 1. The first-order chi connectivity index (χ1) is 12.1. The van der Waals surface area contributed by atoms with Gasteiger partial charge in [0, 0.05) is 37.4 Å². The summed E-state index contributed by atoms with van der Waals surface area (Å²) < 4.78 is 0. The highest BCUT2D eigenvalue weighted by atomic mass is 35.5. The van der Waals surface area contributed by atoms with E-state index in [0.717, 1.165) is 26.2 Å². The Bertz CT molecular complexity index is 672. The molecule has 0 saturated carbocycles. The molecule has 2 aromatic rings. The van der Waals surface area contributed by atoms with Gasteiger partial charge in [0.1, 0.15) is 0 Å². The lowest BCUT2D eigenvalue weighted by atomic mass is 10.0. The van der Waals surface area contributed by atoms with Gasteiger partial charge in [-0.3, -0.25) is 9.69 Å². The first-order valence-electron chi connectivity index (χ1n) is 8.68. The lowest BCUT2D eigenvalue weighted by Gasteiger charge is -2.38. The highest BCUT2D eigenvalue weighted by Gasteiger charge is 2.26. The molecule has 132 valence electrons. The monoisotopic (exact) mass is 357 g/mol. The van der Waals surface area contributed by atoms with Crippen molar-refractivity contribution in [2.75, 3.05) is 31.1 Å². The molecular weight excluding hydrogens is 334 g/mol. The summed E-state index contributed by atoms with van der Waals surface area (Å²) in [6.07, 6.45) is 0.459. The number of benzene rings is 2. The van der Waals surface area contributed by atoms with Crippen LogP contribution >= 0.6 is 11.6 Å². The Morgan fingerprint density at radius 3 is 2.12 bits per heavy atom. The van der Waals surface area contributed by atoms with Crippen molar-refractivity contribution in [2.24, 2.45) is 5.73 Å². The molecule has 0 bridgehead atoms. The minimum absolute atomic E-state index is 0.0471. The third-order valence-electron chi connectivity index (χ3n) is 4.68. The number of para-hydroxylation sites is 1. The van der Waals surface area contributed by atoms with Crippen molar-refractivity contribution in [1.82, 2.24) is 4.90 Å². The summed E-state index contributed by atoms with van der Waals surface area (Å²) in [5.41, 5.74) is 7.77. The number of nitrogens with zero attached hydrogens (tertiary/aromatic N) is 2. The summed E-state index contributed by atoms with van der Waals surface area (Å²) in [7, 11) is 0. The standard InChI is InChI=1S/C20H24ClN3O/c21-19(15-18(22)20(25)16-7-3-1-4-8-16)24-13-11-23(12-14-24)17-9-5-2-6-10-17/h1-10,18-19H,11-15,22H2. The summed E-state index contributed by atoms with van der Waals surface area (Å²) in [6.45, 7) is 3.59. The molecule has 1 heterocycles. The second-order valence-corrected chi connectivity index (χ2v) is 6.87. The zero-order chi connectivity index (χ0) is 17.6. The van der Waals surface area contributed by atoms with E-state index in [2.05, 4.69) is 34.1 Å². The Balaban J connectivity index is 1.51. The van der Waals surface area contributed by atoms with Crippen molar-refractivity contribution in [3.8, 4) is 0 Å². The van der Waals surface area contributed by atoms with Crippen molar-refractivity contribution in [1.29, 1.82) is 0 Å². The van der Waals surface area contributed by atoms with E-state index in [4.69, 9.17) is 17.3 Å². The molecule has 0 amide bonds. The fourth-order valence-corrected chi connectivity index (χ4v) is 3.57. The quantitative estimate of drug-likeness (QED) is 0.490. The molecule has 2 N–H and O–H groups in total. The Hall–Kier alpha value is -1.88. The molecule has 0 spiro atoms. The molecule has 5 heteroatoms. The van der Waals surface area contributed by atoms with Crippen LogP contribution in [0.5, 0.6) is 0 Å². The van der Waals surface area contributed by atoms with E-state index in [9.17, 15) is 4.79 Å². The SMILES string of the molecule is NC(CC(Cl)N1CCN(c2ccccc2)CC1)C(=O)c1ccccc1. The lowest BCUT2D eigenvalue weighted by Crippen LogP contribution is -2.50. The van der Waals surface area contributed by atoms with E-state index in [1.54, 1.807) is 12.1 Å². The van der Waals surface area contributed by atoms with Crippen LogP contribution in [0.2, 0.25) is 0 Å². The molecule has 4 nitrogen and oxygen atoms in total. The average molecular weight is 358 g/mol. The molecule has 2 atom stereocenters.